The van der Waals surface area contributed by atoms with Crippen LogP contribution in [0.3, 0.4) is 0 Å². The quantitative estimate of drug-likeness (QED) is 0.791. The topological polar surface area (TPSA) is 74.7 Å². The van der Waals surface area contributed by atoms with E-state index in [-0.39, 0.29) is 0 Å². The van der Waals surface area contributed by atoms with Crippen LogP contribution < -0.4 is 15.2 Å². The second kappa shape index (κ2) is 4.73. The number of nitrogens with zero attached hydrogens (tertiary/aromatic N) is 3. The highest BCUT2D eigenvalue weighted by atomic mass is 16.5. The fraction of sp³-hybridized carbons (Fsp3) is 0.143. The smallest absolute Gasteiger partial charge is 0.265 e. The maximum atomic E-state index is 5.81. The normalized spacial score (nSPS) is 10.7. The van der Waals surface area contributed by atoms with Crippen molar-refractivity contribution in [2.24, 2.45) is 0 Å². The Morgan fingerprint density at radius 1 is 1.25 bits per heavy atom. The van der Waals surface area contributed by atoms with E-state index in [9.17, 15) is 0 Å². The maximum Gasteiger partial charge on any atom is 0.265 e. The summed E-state index contributed by atoms with van der Waals surface area (Å²) in [6.45, 7) is 1.98. The average molecular weight is 270 g/mol. The fourth-order valence-corrected chi connectivity index (χ4v) is 1.95. The van der Waals surface area contributed by atoms with Crippen LogP contribution >= 0.6 is 0 Å². The molecule has 6 nitrogen and oxygen atoms in total. The van der Waals surface area contributed by atoms with E-state index in [1.54, 1.807) is 30.1 Å². The van der Waals surface area contributed by atoms with E-state index in [1.165, 1.54) is 0 Å². The monoisotopic (exact) mass is 270 g/mol. The van der Waals surface area contributed by atoms with Crippen molar-refractivity contribution >= 4 is 11.5 Å². The van der Waals surface area contributed by atoms with Crippen molar-refractivity contribution in [1.29, 1.82) is 0 Å². The molecule has 6 heteroatoms. The van der Waals surface area contributed by atoms with Gasteiger partial charge in [0, 0.05) is 12.4 Å². The molecule has 0 aliphatic carbocycles. The van der Waals surface area contributed by atoms with Crippen molar-refractivity contribution < 1.29 is 9.47 Å². The summed E-state index contributed by atoms with van der Waals surface area (Å²) in [4.78, 5) is 8.39. The molecule has 20 heavy (non-hydrogen) atoms. The van der Waals surface area contributed by atoms with E-state index in [0.717, 1.165) is 5.56 Å². The number of hydrogen-bond donors (Lipinski definition) is 1. The van der Waals surface area contributed by atoms with Gasteiger partial charge in [0.2, 0.25) is 5.65 Å². The molecule has 0 fully saturated rings. The molecule has 102 valence electrons. The molecule has 0 spiro atoms. The van der Waals surface area contributed by atoms with E-state index < -0.39 is 0 Å². The summed E-state index contributed by atoms with van der Waals surface area (Å²) >= 11 is 0. The Bertz CT molecular complexity index is 767. The van der Waals surface area contributed by atoms with Crippen LogP contribution in [-0.4, -0.2) is 21.5 Å². The van der Waals surface area contributed by atoms with E-state index in [2.05, 4.69) is 9.97 Å². The molecule has 0 aliphatic heterocycles. The number of fused-ring (bicyclic) bond motifs is 1. The first-order valence-electron chi connectivity index (χ1n) is 6.09. The Morgan fingerprint density at radius 2 is 2.10 bits per heavy atom. The number of aromatic nitrogens is 3. The van der Waals surface area contributed by atoms with Crippen LogP contribution in [0, 0.1) is 6.92 Å². The lowest BCUT2D eigenvalue weighted by molar-refractivity contribution is 0.375. The van der Waals surface area contributed by atoms with Crippen LogP contribution in [0.1, 0.15) is 5.56 Å². The van der Waals surface area contributed by atoms with Gasteiger partial charge in [0.05, 0.1) is 13.3 Å². The summed E-state index contributed by atoms with van der Waals surface area (Å²) in [5.41, 5.74) is 7.44. The lowest BCUT2D eigenvalue weighted by atomic mass is 10.2. The first kappa shape index (κ1) is 12.3. The van der Waals surface area contributed by atoms with Gasteiger partial charge in [-0.25, -0.2) is 4.98 Å². The second-order valence-electron chi connectivity index (χ2n) is 4.39. The van der Waals surface area contributed by atoms with Crippen LogP contribution in [0.2, 0.25) is 0 Å². The lowest BCUT2D eigenvalue weighted by Gasteiger charge is -2.11. The largest absolute Gasteiger partial charge is 0.493 e. The zero-order valence-electron chi connectivity index (χ0n) is 11.2. The van der Waals surface area contributed by atoms with Crippen molar-refractivity contribution in [2.75, 3.05) is 12.8 Å². The highest BCUT2D eigenvalue weighted by Crippen LogP contribution is 2.33. The first-order chi connectivity index (χ1) is 9.67. The first-order valence-corrected chi connectivity index (χ1v) is 6.09. The Morgan fingerprint density at radius 3 is 2.90 bits per heavy atom. The molecule has 0 amide bonds. The zero-order chi connectivity index (χ0) is 14.1. The Kier molecular flexibility index (Phi) is 2.90. The van der Waals surface area contributed by atoms with Gasteiger partial charge in [-0.1, -0.05) is 6.07 Å². The van der Waals surface area contributed by atoms with Crippen LogP contribution in [0.25, 0.3) is 5.65 Å². The van der Waals surface area contributed by atoms with Crippen molar-refractivity contribution in [3.8, 4) is 17.4 Å². The van der Waals surface area contributed by atoms with Crippen molar-refractivity contribution in [3.63, 3.8) is 0 Å². The molecule has 0 aliphatic rings. The number of rotatable bonds is 3. The van der Waals surface area contributed by atoms with Crippen LogP contribution in [0.5, 0.6) is 17.4 Å². The molecule has 3 aromatic rings. The summed E-state index contributed by atoms with van der Waals surface area (Å²) in [5.74, 6) is 1.91. The molecule has 2 aromatic heterocycles. The molecule has 2 N–H and O–H groups in total. The molecular weight excluding hydrogens is 256 g/mol. The van der Waals surface area contributed by atoms with Crippen molar-refractivity contribution in [3.05, 3.63) is 42.4 Å². The van der Waals surface area contributed by atoms with Gasteiger partial charge in [0.1, 0.15) is 5.82 Å². The zero-order valence-corrected chi connectivity index (χ0v) is 11.2. The summed E-state index contributed by atoms with van der Waals surface area (Å²) in [7, 11) is 1.60. The van der Waals surface area contributed by atoms with Gasteiger partial charge in [0.25, 0.3) is 5.88 Å². The standard InChI is InChI=1S/C14H14N4O2/c1-9-3-4-10(11(7-9)19-2)20-14-13-16-5-6-18(13)8-12(15)17-14/h3-8H,15H2,1-2H3. The van der Waals surface area contributed by atoms with Crippen LogP contribution in [0.15, 0.2) is 36.8 Å². The average Bonchev–Trinajstić information content (AvgIpc) is 2.88. The number of imidazole rings is 1. The molecule has 0 saturated carbocycles. The predicted molar refractivity (Wildman–Crippen MR) is 75.2 cm³/mol. The van der Waals surface area contributed by atoms with Crippen LogP contribution in [0.4, 0.5) is 5.82 Å². The van der Waals surface area contributed by atoms with E-state index in [1.807, 2.05) is 25.1 Å². The number of methoxy groups -OCH3 is 1. The van der Waals surface area contributed by atoms with E-state index in [0.29, 0.717) is 28.8 Å². The highest BCUT2D eigenvalue weighted by Gasteiger charge is 2.12. The SMILES string of the molecule is COc1cc(C)ccc1Oc1nc(N)cn2ccnc12. The number of ether oxygens (including phenoxy) is 2. The minimum Gasteiger partial charge on any atom is -0.493 e. The minimum atomic E-state index is 0.345. The Balaban J connectivity index is 2.07. The van der Waals surface area contributed by atoms with Gasteiger partial charge < -0.3 is 15.2 Å². The van der Waals surface area contributed by atoms with Crippen molar-refractivity contribution in [2.45, 2.75) is 6.92 Å². The molecule has 0 saturated heterocycles. The summed E-state index contributed by atoms with van der Waals surface area (Å²) in [6, 6.07) is 5.66. The number of anilines is 1. The fourth-order valence-electron chi connectivity index (χ4n) is 1.95. The Labute approximate surface area is 115 Å². The summed E-state index contributed by atoms with van der Waals surface area (Å²) in [6.07, 6.45) is 5.13. The van der Waals surface area contributed by atoms with Gasteiger partial charge in [-0.3, -0.25) is 4.40 Å². The van der Waals surface area contributed by atoms with Gasteiger partial charge in [-0.05, 0) is 24.6 Å². The second-order valence-corrected chi connectivity index (χ2v) is 4.39. The lowest BCUT2D eigenvalue weighted by Crippen LogP contribution is -2.00. The molecule has 0 atom stereocenters. The molecule has 2 heterocycles. The molecular formula is C14H14N4O2. The van der Waals surface area contributed by atoms with E-state index in [4.69, 9.17) is 15.2 Å². The van der Waals surface area contributed by atoms with Gasteiger partial charge in [-0.15, -0.1) is 0 Å². The van der Waals surface area contributed by atoms with Crippen LogP contribution in [-0.2, 0) is 0 Å². The van der Waals surface area contributed by atoms with Crippen molar-refractivity contribution in [1.82, 2.24) is 14.4 Å². The molecule has 0 radical (unpaired) electrons. The van der Waals surface area contributed by atoms with Gasteiger partial charge in [-0.2, -0.15) is 4.98 Å². The van der Waals surface area contributed by atoms with Gasteiger partial charge in [0.15, 0.2) is 11.5 Å². The number of aryl methyl sites for hydroxylation is 1. The number of nitrogens with two attached hydrogens (primary N) is 1. The summed E-state index contributed by atoms with van der Waals surface area (Å²) < 4.78 is 12.9. The maximum absolute atomic E-state index is 5.81. The third-order valence-corrected chi connectivity index (χ3v) is 2.89. The highest BCUT2D eigenvalue weighted by molar-refractivity contribution is 5.55. The predicted octanol–water partition coefficient (Wildman–Crippen LogP) is 2.42. The molecule has 3 rings (SSSR count). The molecule has 0 unspecified atom stereocenters. The Hall–Kier alpha value is -2.76. The third-order valence-electron chi connectivity index (χ3n) is 2.89. The molecule has 0 bridgehead atoms. The van der Waals surface area contributed by atoms with E-state index >= 15 is 0 Å². The summed E-state index contributed by atoms with van der Waals surface area (Å²) in [5, 5.41) is 0. The molecule has 1 aromatic carbocycles. The third kappa shape index (κ3) is 2.11. The van der Waals surface area contributed by atoms with Gasteiger partial charge >= 0.3 is 0 Å². The number of hydrogen-bond acceptors (Lipinski definition) is 5. The minimum absolute atomic E-state index is 0.345. The number of benzene rings is 1. The number of nitrogen functional groups attached to an aromatic ring is 1.